The summed E-state index contributed by atoms with van der Waals surface area (Å²) in [7, 11) is 0. The average molecular weight is 510 g/mol. The van der Waals surface area contributed by atoms with Crippen LogP contribution in [0.15, 0.2) is 29.9 Å². The van der Waals surface area contributed by atoms with Crippen LogP contribution >= 0.6 is 11.3 Å². The monoisotopic (exact) mass is 509 g/mol. The molecule has 5 heterocycles. The number of hydrogen-bond acceptors (Lipinski definition) is 9. The normalized spacial score (nSPS) is 18.0. The predicted octanol–water partition coefficient (Wildman–Crippen LogP) is 3.54. The second-order valence-electron chi connectivity index (χ2n) is 9.04. The third-order valence-electron chi connectivity index (χ3n) is 6.36. The van der Waals surface area contributed by atoms with Crippen molar-refractivity contribution in [3.8, 4) is 10.6 Å². The Balaban J connectivity index is 1.37. The van der Waals surface area contributed by atoms with Gasteiger partial charge in [-0.1, -0.05) is 6.42 Å². The lowest BCUT2D eigenvalue weighted by Gasteiger charge is -2.26. The molecule has 1 amide bonds. The molecular weight excluding hydrogens is 478 g/mol. The Bertz CT molecular complexity index is 1200. The van der Waals surface area contributed by atoms with E-state index in [1.165, 1.54) is 30.6 Å². The number of carbonyl (C=O) groups is 2. The van der Waals surface area contributed by atoms with Gasteiger partial charge in [-0.05, 0) is 44.5 Å². The molecule has 2 N–H and O–H groups in total. The molecule has 0 aliphatic carbocycles. The van der Waals surface area contributed by atoms with Crippen LogP contribution in [0.25, 0.3) is 10.6 Å². The summed E-state index contributed by atoms with van der Waals surface area (Å²) < 4.78 is 7.46. The number of likely N-dealkylation sites (tertiary alicyclic amines) is 1. The van der Waals surface area contributed by atoms with E-state index in [-0.39, 0.29) is 11.7 Å². The Labute approximate surface area is 214 Å². The molecule has 10 nitrogen and oxygen atoms in total. The zero-order valence-electron chi connectivity index (χ0n) is 20.2. The summed E-state index contributed by atoms with van der Waals surface area (Å²) in [6.07, 6.45) is 8.08. The van der Waals surface area contributed by atoms with Gasteiger partial charge in [0.05, 0.1) is 18.8 Å². The van der Waals surface area contributed by atoms with Crippen molar-refractivity contribution < 1.29 is 14.3 Å². The summed E-state index contributed by atoms with van der Waals surface area (Å²) in [4.78, 5) is 37.4. The maximum Gasteiger partial charge on any atom is 0.275 e. The Morgan fingerprint density at radius 3 is 2.86 bits per heavy atom. The highest BCUT2D eigenvalue weighted by atomic mass is 32.1. The molecule has 1 fully saturated rings. The molecule has 4 bridgehead atoms. The fourth-order valence-corrected chi connectivity index (χ4v) is 5.22. The third-order valence-corrected chi connectivity index (χ3v) is 7.25. The minimum atomic E-state index is -0.362. The number of anilines is 2. The maximum atomic E-state index is 13.1. The topological polar surface area (TPSA) is 114 Å². The number of hydrogen-bond donors (Lipinski definition) is 2. The molecule has 0 unspecified atom stereocenters. The molecule has 2 aliphatic rings. The van der Waals surface area contributed by atoms with Crippen LogP contribution in [0.3, 0.4) is 0 Å². The van der Waals surface area contributed by atoms with E-state index in [4.69, 9.17) is 4.74 Å². The van der Waals surface area contributed by atoms with E-state index < -0.39 is 0 Å². The molecule has 36 heavy (non-hydrogen) atoms. The molecule has 5 rings (SSSR count). The molecule has 190 valence electrons. The second-order valence-corrected chi connectivity index (χ2v) is 9.90. The fourth-order valence-electron chi connectivity index (χ4n) is 4.42. The first kappa shape index (κ1) is 24.5. The van der Waals surface area contributed by atoms with Crippen LogP contribution in [-0.4, -0.2) is 75.7 Å². The number of fused-ring (bicyclic) bond motifs is 6. The molecule has 2 aliphatic heterocycles. The predicted molar refractivity (Wildman–Crippen MR) is 139 cm³/mol. The van der Waals surface area contributed by atoms with E-state index in [2.05, 4.69) is 30.6 Å². The van der Waals surface area contributed by atoms with Crippen molar-refractivity contribution in [2.75, 3.05) is 50.0 Å². The van der Waals surface area contributed by atoms with Crippen LogP contribution < -0.4 is 10.6 Å². The fraction of sp³-hybridized carbons (Fsp3) is 0.480. The highest BCUT2D eigenvalue weighted by Gasteiger charge is 2.21. The summed E-state index contributed by atoms with van der Waals surface area (Å²) in [5.41, 5.74) is 1.89. The standard InChI is InChI=1S/C25H31N7O3S/c33-21-5-4-13-35-14-8-27-22-15-18(6-7-26-22)25-29-20(17-36-25)24(34)28-19-16-32(30-23(19)21)12-11-31-9-2-1-3-10-31/h6-7,15-17H,1-5,8-14H2,(H,26,27)(H,28,34). The summed E-state index contributed by atoms with van der Waals surface area (Å²) >= 11 is 1.39. The smallest absolute Gasteiger partial charge is 0.275 e. The number of Topliss-reactive ketones (excluding diaryl/α,β-unsaturated/α-hetero) is 1. The van der Waals surface area contributed by atoms with Crippen molar-refractivity contribution in [2.24, 2.45) is 0 Å². The van der Waals surface area contributed by atoms with Crippen LogP contribution in [0.2, 0.25) is 0 Å². The molecule has 11 heteroatoms. The van der Waals surface area contributed by atoms with Crippen LogP contribution in [-0.2, 0) is 11.3 Å². The molecule has 0 radical (unpaired) electrons. The third kappa shape index (κ3) is 6.15. The molecule has 0 aromatic carbocycles. The number of ether oxygens (including phenoxy) is 1. The first-order valence-electron chi connectivity index (χ1n) is 12.5. The van der Waals surface area contributed by atoms with E-state index in [9.17, 15) is 9.59 Å². The van der Waals surface area contributed by atoms with Crippen LogP contribution in [0.1, 0.15) is 53.1 Å². The lowest BCUT2D eigenvalue weighted by molar-refractivity contribution is 0.0940. The van der Waals surface area contributed by atoms with Gasteiger partial charge in [-0.3, -0.25) is 14.3 Å². The largest absolute Gasteiger partial charge is 0.380 e. The van der Waals surface area contributed by atoms with Gasteiger partial charge in [-0.25, -0.2) is 9.97 Å². The Morgan fingerprint density at radius 1 is 1.08 bits per heavy atom. The summed E-state index contributed by atoms with van der Waals surface area (Å²) in [6, 6.07) is 3.77. The summed E-state index contributed by atoms with van der Waals surface area (Å²) in [5.74, 6) is 0.247. The van der Waals surface area contributed by atoms with Gasteiger partial charge in [-0.2, -0.15) is 5.10 Å². The number of nitrogens with one attached hydrogen (secondary N) is 2. The van der Waals surface area contributed by atoms with Crippen molar-refractivity contribution in [2.45, 2.75) is 38.6 Å². The average Bonchev–Trinajstić information content (AvgIpc) is 3.55. The van der Waals surface area contributed by atoms with Gasteiger partial charge in [0.1, 0.15) is 16.5 Å². The zero-order valence-corrected chi connectivity index (χ0v) is 21.1. The van der Waals surface area contributed by atoms with E-state index in [1.54, 1.807) is 22.5 Å². The lowest BCUT2D eigenvalue weighted by atomic mass is 10.1. The number of ketones is 1. The highest BCUT2D eigenvalue weighted by Crippen LogP contribution is 2.26. The minimum absolute atomic E-state index is 0.108. The number of pyridine rings is 1. The number of piperidine rings is 1. The van der Waals surface area contributed by atoms with E-state index >= 15 is 0 Å². The molecule has 0 atom stereocenters. The first-order valence-corrected chi connectivity index (χ1v) is 13.4. The number of rotatable bonds is 3. The number of thiazole rings is 1. The van der Waals surface area contributed by atoms with Crippen molar-refractivity contribution >= 4 is 34.5 Å². The molecule has 0 saturated carbocycles. The quantitative estimate of drug-likeness (QED) is 0.551. The molecule has 0 spiro atoms. The molecular formula is C25H31N7O3S. The van der Waals surface area contributed by atoms with Gasteiger partial charge in [0.15, 0.2) is 11.5 Å². The number of nitrogens with zero attached hydrogens (tertiary/aromatic N) is 5. The molecule has 3 aromatic heterocycles. The van der Waals surface area contributed by atoms with Crippen molar-refractivity contribution in [1.29, 1.82) is 0 Å². The summed E-state index contributed by atoms with van der Waals surface area (Å²) in [5, 5.41) is 13.1. The SMILES string of the molecule is O=C1Nc2cn(CCN3CCCCC3)nc2C(=O)CCCOCCNc2cc(ccn2)-c2nc1cs2. The maximum absolute atomic E-state index is 13.1. The number of amides is 1. The van der Waals surface area contributed by atoms with Gasteiger partial charge in [0, 0.05) is 49.5 Å². The Hall–Kier alpha value is -3.15. The van der Waals surface area contributed by atoms with Crippen LogP contribution in [0, 0.1) is 0 Å². The Kier molecular flexibility index (Phi) is 7.99. The van der Waals surface area contributed by atoms with Gasteiger partial charge < -0.3 is 20.3 Å². The minimum Gasteiger partial charge on any atom is -0.380 e. The number of carbonyl (C=O) groups excluding carboxylic acids is 2. The molecule has 3 aromatic rings. The van der Waals surface area contributed by atoms with E-state index in [1.807, 2.05) is 12.1 Å². The Morgan fingerprint density at radius 2 is 1.97 bits per heavy atom. The zero-order chi connectivity index (χ0) is 24.7. The highest BCUT2D eigenvalue weighted by molar-refractivity contribution is 7.13. The van der Waals surface area contributed by atoms with E-state index in [0.29, 0.717) is 56.2 Å². The van der Waals surface area contributed by atoms with Crippen LogP contribution in [0.5, 0.6) is 0 Å². The van der Waals surface area contributed by atoms with Crippen molar-refractivity contribution in [1.82, 2.24) is 24.6 Å². The second kappa shape index (κ2) is 11.7. The lowest BCUT2D eigenvalue weighted by Crippen LogP contribution is -2.32. The van der Waals surface area contributed by atoms with Crippen molar-refractivity contribution in [3.05, 3.63) is 41.3 Å². The summed E-state index contributed by atoms with van der Waals surface area (Å²) in [6.45, 7) is 5.30. The van der Waals surface area contributed by atoms with Crippen molar-refractivity contribution in [3.63, 3.8) is 0 Å². The first-order chi connectivity index (χ1) is 17.7. The van der Waals surface area contributed by atoms with Gasteiger partial charge >= 0.3 is 0 Å². The van der Waals surface area contributed by atoms with Crippen LogP contribution in [0.4, 0.5) is 11.5 Å². The van der Waals surface area contributed by atoms with E-state index in [0.717, 1.165) is 36.0 Å². The molecule has 1 saturated heterocycles. The van der Waals surface area contributed by atoms with Gasteiger partial charge in [0.25, 0.3) is 5.91 Å². The van der Waals surface area contributed by atoms with Gasteiger partial charge in [-0.15, -0.1) is 11.3 Å². The number of aromatic nitrogens is 4. The van der Waals surface area contributed by atoms with Gasteiger partial charge in [0.2, 0.25) is 0 Å².